The molecule has 28 heavy (non-hydrogen) atoms. The summed E-state index contributed by atoms with van der Waals surface area (Å²) >= 11 is 0. The van der Waals surface area contributed by atoms with Gasteiger partial charge in [0.05, 0.1) is 20.2 Å². The minimum absolute atomic E-state index is 0. The fraction of sp³-hybridized carbons (Fsp3) is 0.500. The number of amides is 3. The minimum Gasteiger partial charge on any atom is -0.497 e. The third-order valence-corrected chi connectivity index (χ3v) is 3.79. The molecule has 0 aromatic heterocycles. The topological polar surface area (TPSA) is 104 Å². The molecule has 1 atom stereocenters. The summed E-state index contributed by atoms with van der Waals surface area (Å²) in [6.07, 6.45) is -0.140. The normalized spacial score (nSPS) is 14.8. The fourth-order valence-corrected chi connectivity index (χ4v) is 2.47. The van der Waals surface area contributed by atoms with Gasteiger partial charge < -0.3 is 25.4 Å². The van der Waals surface area contributed by atoms with Crippen LogP contribution in [-0.4, -0.2) is 68.7 Å². The van der Waals surface area contributed by atoms with Crippen LogP contribution >= 0.6 is 24.0 Å². The number of carbonyl (C=O) groups excluding carboxylic acids is 2. The molecule has 1 aromatic carbocycles. The maximum atomic E-state index is 11.6. The average Bonchev–Trinajstić information content (AvgIpc) is 2.98. The summed E-state index contributed by atoms with van der Waals surface area (Å²) in [7, 11) is 1.61. The summed E-state index contributed by atoms with van der Waals surface area (Å²) in [5.74, 6) is 1.84. The van der Waals surface area contributed by atoms with E-state index in [2.05, 4.69) is 20.9 Å². The summed E-state index contributed by atoms with van der Waals surface area (Å²) in [4.78, 5) is 28.8. The van der Waals surface area contributed by atoms with Gasteiger partial charge in [-0.15, -0.1) is 24.0 Å². The van der Waals surface area contributed by atoms with E-state index in [0.29, 0.717) is 31.3 Å². The fourth-order valence-electron chi connectivity index (χ4n) is 2.47. The van der Waals surface area contributed by atoms with Crippen molar-refractivity contribution in [2.75, 3.05) is 39.8 Å². The van der Waals surface area contributed by atoms with Crippen molar-refractivity contribution in [1.82, 2.24) is 20.9 Å². The second kappa shape index (κ2) is 12.3. The molecule has 1 aliphatic rings. The molecule has 3 amide bonds. The maximum Gasteiger partial charge on any atom is 0.324 e. The first-order chi connectivity index (χ1) is 13.0. The van der Waals surface area contributed by atoms with Crippen LogP contribution < -0.4 is 25.4 Å². The number of aliphatic imine (C=N–C) groups is 1. The predicted molar refractivity (Wildman–Crippen MR) is 118 cm³/mol. The first-order valence-electron chi connectivity index (χ1n) is 8.94. The Kier molecular flexibility index (Phi) is 10.4. The van der Waals surface area contributed by atoms with Crippen LogP contribution in [0.3, 0.4) is 0 Å². The van der Waals surface area contributed by atoms with Gasteiger partial charge in [-0.25, -0.2) is 9.79 Å². The van der Waals surface area contributed by atoms with Gasteiger partial charge in [0, 0.05) is 25.7 Å². The average molecular weight is 505 g/mol. The molecule has 0 spiro atoms. The molecule has 2 rings (SSSR count). The monoisotopic (exact) mass is 505 g/mol. The number of hydrogen-bond donors (Lipinski definition) is 3. The van der Waals surface area contributed by atoms with Crippen LogP contribution in [0.2, 0.25) is 0 Å². The zero-order valence-electron chi connectivity index (χ0n) is 16.4. The van der Waals surface area contributed by atoms with E-state index in [1.54, 1.807) is 7.11 Å². The number of nitrogens with zero attached hydrogens (tertiary/aromatic N) is 2. The molecule has 0 bridgehead atoms. The van der Waals surface area contributed by atoms with Crippen LogP contribution in [0.15, 0.2) is 29.3 Å². The second-order valence-electron chi connectivity index (χ2n) is 5.96. The summed E-state index contributed by atoms with van der Waals surface area (Å²) in [6, 6.07) is 7.05. The third-order valence-electron chi connectivity index (χ3n) is 3.79. The Balaban J connectivity index is 0.00000392. The molecular formula is C18H28IN5O4. The lowest BCUT2D eigenvalue weighted by molar-refractivity contribution is -0.124. The Morgan fingerprint density at radius 3 is 2.71 bits per heavy atom. The van der Waals surface area contributed by atoms with Gasteiger partial charge in [0.25, 0.3) is 0 Å². The van der Waals surface area contributed by atoms with Gasteiger partial charge >= 0.3 is 6.03 Å². The number of nitrogens with one attached hydrogen (secondary N) is 3. The Hall–Kier alpha value is -2.24. The van der Waals surface area contributed by atoms with Crippen molar-refractivity contribution in [2.24, 2.45) is 4.99 Å². The number of guanidine groups is 1. The number of carbonyl (C=O) groups is 2. The van der Waals surface area contributed by atoms with Gasteiger partial charge in [0.1, 0.15) is 17.6 Å². The van der Waals surface area contributed by atoms with Crippen LogP contribution in [0, 0.1) is 0 Å². The molecule has 1 unspecified atom stereocenters. The van der Waals surface area contributed by atoms with Crippen molar-refractivity contribution < 1.29 is 19.1 Å². The number of urea groups is 1. The number of halogens is 1. The molecule has 9 nitrogen and oxygen atoms in total. The number of ether oxygens (including phenoxy) is 2. The lowest BCUT2D eigenvalue weighted by Gasteiger charge is -2.17. The Morgan fingerprint density at radius 1 is 1.32 bits per heavy atom. The van der Waals surface area contributed by atoms with E-state index >= 15 is 0 Å². The van der Waals surface area contributed by atoms with Gasteiger partial charge in [-0.3, -0.25) is 9.69 Å². The van der Waals surface area contributed by atoms with Crippen molar-refractivity contribution in [3.05, 3.63) is 24.3 Å². The summed E-state index contributed by atoms with van der Waals surface area (Å²) in [5, 5.41) is 8.74. The lowest BCUT2D eigenvalue weighted by atomic mass is 10.3. The van der Waals surface area contributed by atoms with Crippen molar-refractivity contribution >= 4 is 41.9 Å². The van der Waals surface area contributed by atoms with Gasteiger partial charge in [-0.2, -0.15) is 0 Å². The van der Waals surface area contributed by atoms with E-state index in [1.807, 2.05) is 38.1 Å². The molecule has 3 N–H and O–H groups in total. The van der Waals surface area contributed by atoms with Crippen molar-refractivity contribution in [3.8, 4) is 11.5 Å². The van der Waals surface area contributed by atoms with Crippen LogP contribution in [0.1, 0.15) is 13.8 Å². The third kappa shape index (κ3) is 7.41. The van der Waals surface area contributed by atoms with Gasteiger partial charge in [-0.1, -0.05) is 6.07 Å². The standard InChI is InChI=1S/C18H27N5O4.HI/c1-4-19-17(20-8-9-23-16(24)12-22-18(23)25)21-11-13(2)27-15-7-5-6-14(10-15)26-3;/h5-7,10,13H,4,8-9,11-12H2,1-3H3,(H,22,25)(H2,19,20,21);1H. The molecule has 156 valence electrons. The molecule has 0 radical (unpaired) electrons. The quantitative estimate of drug-likeness (QED) is 0.202. The van der Waals surface area contributed by atoms with Crippen molar-refractivity contribution in [3.63, 3.8) is 0 Å². The first kappa shape index (κ1) is 23.8. The maximum absolute atomic E-state index is 11.6. The van der Waals surface area contributed by atoms with Crippen LogP contribution in [0.5, 0.6) is 11.5 Å². The Labute approximate surface area is 182 Å². The molecule has 1 saturated heterocycles. The van der Waals surface area contributed by atoms with E-state index in [9.17, 15) is 9.59 Å². The van der Waals surface area contributed by atoms with E-state index in [4.69, 9.17) is 9.47 Å². The van der Waals surface area contributed by atoms with Gasteiger partial charge in [-0.05, 0) is 26.0 Å². The van der Waals surface area contributed by atoms with Crippen molar-refractivity contribution in [2.45, 2.75) is 20.0 Å². The number of imide groups is 1. The zero-order chi connectivity index (χ0) is 19.6. The number of hydrogen-bond acceptors (Lipinski definition) is 5. The first-order valence-corrected chi connectivity index (χ1v) is 8.94. The largest absolute Gasteiger partial charge is 0.497 e. The van der Waals surface area contributed by atoms with Crippen molar-refractivity contribution in [1.29, 1.82) is 0 Å². The Morgan fingerprint density at radius 2 is 2.07 bits per heavy atom. The number of rotatable bonds is 9. The highest BCUT2D eigenvalue weighted by atomic mass is 127. The number of benzene rings is 1. The van der Waals surface area contributed by atoms with Gasteiger partial charge in [0.15, 0.2) is 5.96 Å². The molecular weight excluding hydrogens is 477 g/mol. The molecule has 10 heteroatoms. The lowest BCUT2D eigenvalue weighted by Crippen LogP contribution is -2.43. The smallest absolute Gasteiger partial charge is 0.324 e. The van der Waals surface area contributed by atoms with E-state index in [1.165, 1.54) is 4.90 Å². The molecule has 0 aliphatic carbocycles. The van der Waals surface area contributed by atoms with Crippen LogP contribution in [-0.2, 0) is 4.79 Å². The van der Waals surface area contributed by atoms with Crippen LogP contribution in [0.4, 0.5) is 4.79 Å². The highest BCUT2D eigenvalue weighted by Gasteiger charge is 2.27. The Bertz CT molecular complexity index is 670. The molecule has 1 aliphatic heterocycles. The molecule has 1 heterocycles. The molecule has 1 fully saturated rings. The van der Waals surface area contributed by atoms with E-state index in [0.717, 1.165) is 5.75 Å². The zero-order valence-corrected chi connectivity index (χ0v) is 18.7. The summed E-state index contributed by atoms with van der Waals surface area (Å²) in [5.41, 5.74) is 0. The second-order valence-corrected chi connectivity index (χ2v) is 5.96. The van der Waals surface area contributed by atoms with Crippen LogP contribution in [0.25, 0.3) is 0 Å². The molecule has 1 aromatic rings. The van der Waals surface area contributed by atoms with Gasteiger partial charge in [0.2, 0.25) is 5.91 Å². The summed E-state index contributed by atoms with van der Waals surface area (Å²) < 4.78 is 11.0. The molecule has 0 saturated carbocycles. The predicted octanol–water partition coefficient (Wildman–Crippen LogP) is 1.19. The SMILES string of the molecule is CCNC(=NCC(C)Oc1cccc(OC)c1)NCCN1C(=O)CNC1=O.I. The minimum atomic E-state index is -0.357. The summed E-state index contributed by atoms with van der Waals surface area (Å²) in [6.45, 7) is 5.79. The van der Waals surface area contributed by atoms with E-state index < -0.39 is 0 Å². The highest BCUT2D eigenvalue weighted by Crippen LogP contribution is 2.19. The van der Waals surface area contributed by atoms with E-state index in [-0.39, 0.29) is 55.1 Å². The number of methoxy groups -OCH3 is 1. The highest BCUT2D eigenvalue weighted by molar-refractivity contribution is 14.0.